The maximum absolute atomic E-state index is 6.38. The van der Waals surface area contributed by atoms with E-state index < -0.39 is 17.7 Å². The number of fused-ring (bicyclic) bond motifs is 1. The first-order valence-electron chi connectivity index (χ1n) is 10.1. The molecule has 172 valence electrons. The van der Waals surface area contributed by atoms with Crippen molar-refractivity contribution >= 4 is 20.4 Å². The number of halogens is 1. The summed E-state index contributed by atoms with van der Waals surface area (Å²) in [5.74, 6) is 0.807. The lowest BCUT2D eigenvalue weighted by molar-refractivity contribution is -0.187. The average molecular weight is 501 g/mol. The molecule has 8 nitrogen and oxygen atoms in total. The van der Waals surface area contributed by atoms with Gasteiger partial charge in [-0.05, 0) is 61.3 Å². The zero-order chi connectivity index (χ0) is 22.6. The predicted octanol–water partition coefficient (Wildman–Crippen LogP) is 3.85. The van der Waals surface area contributed by atoms with E-state index in [1.165, 1.54) is 0 Å². The van der Waals surface area contributed by atoms with Crippen LogP contribution in [0.25, 0.3) is 4.48 Å². The van der Waals surface area contributed by atoms with E-state index >= 15 is 0 Å². The van der Waals surface area contributed by atoms with Gasteiger partial charge in [-0.25, -0.2) is 0 Å². The smallest absolute Gasteiger partial charge is 0.203 e. The van der Waals surface area contributed by atoms with E-state index in [-0.39, 0.29) is 18.3 Å². The highest BCUT2D eigenvalue weighted by Gasteiger charge is 2.58. The quantitative estimate of drug-likeness (QED) is 0.603. The average Bonchev–Trinajstić information content (AvgIpc) is 3.35. The van der Waals surface area contributed by atoms with Gasteiger partial charge in [0.15, 0.2) is 29.2 Å². The maximum Gasteiger partial charge on any atom is 0.203 e. The zero-order valence-electron chi connectivity index (χ0n) is 18.8. The van der Waals surface area contributed by atoms with Crippen molar-refractivity contribution in [3.8, 4) is 17.2 Å². The normalized spacial score (nSPS) is 32.4. The van der Waals surface area contributed by atoms with E-state index in [9.17, 15) is 0 Å². The summed E-state index contributed by atoms with van der Waals surface area (Å²) in [6, 6.07) is 3.70. The number of benzene rings is 1. The summed E-state index contributed by atoms with van der Waals surface area (Å²) in [7, 11) is 4.73. The molecule has 3 aliphatic rings. The van der Waals surface area contributed by atoms with Crippen molar-refractivity contribution < 1.29 is 37.9 Å². The Balaban J connectivity index is 1.74. The van der Waals surface area contributed by atoms with Crippen LogP contribution in [0.15, 0.2) is 17.9 Å². The molecule has 3 saturated heterocycles. The molecular formula is C22H29BrO8. The molecule has 0 amide bonds. The Kier molecular flexibility index (Phi) is 5.93. The highest BCUT2D eigenvalue weighted by molar-refractivity contribution is 9.15. The zero-order valence-corrected chi connectivity index (χ0v) is 20.4. The van der Waals surface area contributed by atoms with Gasteiger partial charge >= 0.3 is 0 Å². The molecule has 3 aliphatic heterocycles. The fourth-order valence-corrected chi connectivity index (χ4v) is 4.75. The molecular weight excluding hydrogens is 472 g/mol. The first-order valence-corrected chi connectivity index (χ1v) is 10.9. The van der Waals surface area contributed by atoms with Crippen LogP contribution in [0, 0.1) is 0 Å². The van der Waals surface area contributed by atoms with E-state index in [1.54, 1.807) is 21.3 Å². The highest BCUT2D eigenvalue weighted by Crippen LogP contribution is 2.48. The van der Waals surface area contributed by atoms with Crippen LogP contribution >= 0.6 is 15.9 Å². The van der Waals surface area contributed by atoms with Crippen LogP contribution in [0.1, 0.15) is 33.3 Å². The molecule has 0 aliphatic carbocycles. The standard InChI is InChI=1S/C22H29BrO8/c1-21(2)27-10-14(29-21)17-19-20(31-22(3,4)30-19)18(28-17)15(23)11-8-12(24-5)16(26-7)13(9-11)25-6/h8-9,14,17,19-20H,10H2,1-7H3/b18-15+/t14-,17+,19-,20+/m1/s1. The van der Waals surface area contributed by atoms with Crippen LogP contribution in [0.2, 0.25) is 0 Å². The number of methoxy groups -OCH3 is 3. The van der Waals surface area contributed by atoms with Gasteiger partial charge in [0.05, 0.1) is 32.4 Å². The lowest BCUT2D eigenvalue weighted by atomic mass is 10.0. The summed E-state index contributed by atoms with van der Waals surface area (Å²) in [6.07, 6.45) is -1.39. The van der Waals surface area contributed by atoms with Crippen LogP contribution in [0.4, 0.5) is 0 Å². The van der Waals surface area contributed by atoms with Crippen LogP contribution in [0.3, 0.4) is 0 Å². The molecule has 0 N–H and O–H groups in total. The van der Waals surface area contributed by atoms with Crippen molar-refractivity contribution in [1.82, 2.24) is 0 Å². The van der Waals surface area contributed by atoms with E-state index in [0.29, 0.717) is 34.1 Å². The minimum absolute atomic E-state index is 0.280. The van der Waals surface area contributed by atoms with Crippen LogP contribution < -0.4 is 14.2 Å². The topological polar surface area (TPSA) is 73.8 Å². The Morgan fingerprint density at radius 1 is 0.903 bits per heavy atom. The Morgan fingerprint density at radius 2 is 1.55 bits per heavy atom. The van der Waals surface area contributed by atoms with Gasteiger partial charge < -0.3 is 37.9 Å². The van der Waals surface area contributed by atoms with E-state index in [1.807, 2.05) is 39.8 Å². The highest BCUT2D eigenvalue weighted by atomic mass is 79.9. The third-order valence-electron chi connectivity index (χ3n) is 5.51. The Morgan fingerprint density at radius 3 is 2.06 bits per heavy atom. The fraction of sp³-hybridized carbons (Fsp3) is 0.636. The molecule has 0 radical (unpaired) electrons. The molecule has 4 atom stereocenters. The molecule has 31 heavy (non-hydrogen) atoms. The second-order valence-corrected chi connectivity index (χ2v) is 9.36. The molecule has 1 aromatic rings. The second kappa shape index (κ2) is 8.12. The van der Waals surface area contributed by atoms with Crippen LogP contribution in [-0.4, -0.2) is 63.9 Å². The molecule has 3 fully saturated rings. The molecule has 0 unspecified atom stereocenters. The summed E-state index contributed by atoms with van der Waals surface area (Å²) < 4.78 is 47.8. The van der Waals surface area contributed by atoms with Crippen molar-refractivity contribution in [3.63, 3.8) is 0 Å². The maximum atomic E-state index is 6.38. The van der Waals surface area contributed by atoms with Crippen molar-refractivity contribution in [2.24, 2.45) is 0 Å². The van der Waals surface area contributed by atoms with Crippen LogP contribution in [0.5, 0.6) is 17.2 Å². The Bertz CT molecular complexity index is 855. The second-order valence-electron chi connectivity index (χ2n) is 8.56. The summed E-state index contributed by atoms with van der Waals surface area (Å²) in [5, 5.41) is 0. The monoisotopic (exact) mass is 500 g/mol. The molecule has 3 heterocycles. The van der Waals surface area contributed by atoms with Gasteiger partial charge in [0.25, 0.3) is 0 Å². The van der Waals surface area contributed by atoms with Crippen molar-refractivity contribution in [3.05, 3.63) is 23.5 Å². The van der Waals surface area contributed by atoms with E-state index in [0.717, 1.165) is 5.56 Å². The molecule has 0 bridgehead atoms. The van der Waals surface area contributed by atoms with Gasteiger partial charge in [-0.3, -0.25) is 0 Å². The van der Waals surface area contributed by atoms with Gasteiger partial charge in [0.1, 0.15) is 24.1 Å². The van der Waals surface area contributed by atoms with Crippen molar-refractivity contribution in [2.45, 2.75) is 63.7 Å². The number of rotatable bonds is 5. The van der Waals surface area contributed by atoms with Crippen LogP contribution in [-0.2, 0) is 23.7 Å². The van der Waals surface area contributed by atoms with Gasteiger partial charge in [-0.15, -0.1) is 0 Å². The third kappa shape index (κ3) is 4.14. The van der Waals surface area contributed by atoms with Gasteiger partial charge in [-0.2, -0.15) is 0 Å². The SMILES string of the molecule is COc1cc(/C(Br)=C2\O[C@@H]([C@H]3COC(C)(C)O3)[C@H]3OC(C)(C)O[C@@H]23)cc(OC)c1OC. The number of ether oxygens (including phenoxy) is 8. The summed E-state index contributed by atoms with van der Waals surface area (Å²) >= 11 is 3.71. The van der Waals surface area contributed by atoms with E-state index in [2.05, 4.69) is 15.9 Å². The van der Waals surface area contributed by atoms with Crippen molar-refractivity contribution in [1.29, 1.82) is 0 Å². The fourth-order valence-electron chi connectivity index (χ4n) is 4.20. The predicted molar refractivity (Wildman–Crippen MR) is 116 cm³/mol. The third-order valence-corrected chi connectivity index (χ3v) is 6.35. The lowest BCUT2D eigenvalue weighted by Crippen LogP contribution is -2.40. The molecule has 9 heteroatoms. The summed E-state index contributed by atoms with van der Waals surface area (Å²) in [4.78, 5) is 0. The molecule has 0 aromatic heterocycles. The first kappa shape index (κ1) is 22.7. The molecule has 4 rings (SSSR count). The molecule has 1 aromatic carbocycles. The Hall–Kier alpha value is -1.52. The van der Waals surface area contributed by atoms with Gasteiger partial charge in [0.2, 0.25) is 5.75 Å². The minimum atomic E-state index is -0.750. The number of hydrogen-bond acceptors (Lipinski definition) is 8. The van der Waals surface area contributed by atoms with Crippen molar-refractivity contribution in [2.75, 3.05) is 27.9 Å². The summed E-state index contributed by atoms with van der Waals surface area (Å²) in [6.45, 7) is 7.97. The first-order chi connectivity index (χ1) is 14.6. The number of hydrogen-bond donors (Lipinski definition) is 0. The van der Waals surface area contributed by atoms with E-state index in [4.69, 9.17) is 37.9 Å². The molecule has 0 spiro atoms. The lowest BCUT2D eigenvalue weighted by Gasteiger charge is -2.26. The van der Waals surface area contributed by atoms with Gasteiger partial charge in [0, 0.05) is 0 Å². The molecule has 0 saturated carbocycles. The minimum Gasteiger partial charge on any atom is -0.493 e. The Labute approximate surface area is 190 Å². The largest absolute Gasteiger partial charge is 0.493 e. The summed E-state index contributed by atoms with van der Waals surface area (Å²) in [5.41, 5.74) is 0.793. The van der Waals surface area contributed by atoms with Gasteiger partial charge in [-0.1, -0.05) is 0 Å².